The second-order valence-electron chi connectivity index (χ2n) is 3.78. The largest absolute Gasteiger partial charge is 0.485 e. The minimum atomic E-state index is -0.628. The first-order valence-electron chi connectivity index (χ1n) is 5.43. The molecule has 0 unspecified atom stereocenters. The summed E-state index contributed by atoms with van der Waals surface area (Å²) in [5.74, 6) is -1.18. The van der Waals surface area contributed by atoms with Crippen LogP contribution in [0.3, 0.4) is 0 Å². The molecule has 0 spiro atoms. The average molecular weight is 327 g/mol. The summed E-state index contributed by atoms with van der Waals surface area (Å²) in [6, 6.07) is 8.54. The molecule has 98 valence electrons. The van der Waals surface area contributed by atoms with E-state index < -0.39 is 11.6 Å². The highest BCUT2D eigenvalue weighted by Gasteiger charge is 2.11. The van der Waals surface area contributed by atoms with Gasteiger partial charge in [0.05, 0.1) is 10.0 Å². The lowest BCUT2D eigenvalue weighted by molar-refractivity contribution is 0.111. The lowest BCUT2D eigenvalue weighted by Crippen LogP contribution is -2.02. The van der Waals surface area contributed by atoms with Crippen LogP contribution in [0.5, 0.6) is 5.75 Å². The van der Waals surface area contributed by atoms with Gasteiger partial charge in [0.1, 0.15) is 12.4 Å². The van der Waals surface area contributed by atoms with Crippen molar-refractivity contribution in [3.63, 3.8) is 0 Å². The molecule has 0 bridgehead atoms. The Morgan fingerprint density at radius 1 is 1.11 bits per heavy atom. The van der Waals surface area contributed by atoms with Crippen molar-refractivity contribution in [1.29, 1.82) is 0 Å². The molecule has 2 rings (SSSR count). The number of carbonyl (C=O) groups is 1. The van der Waals surface area contributed by atoms with Crippen molar-refractivity contribution in [2.45, 2.75) is 6.61 Å². The van der Waals surface area contributed by atoms with Gasteiger partial charge in [-0.25, -0.2) is 8.78 Å². The van der Waals surface area contributed by atoms with Crippen molar-refractivity contribution in [1.82, 2.24) is 0 Å². The van der Waals surface area contributed by atoms with Gasteiger partial charge in [0.2, 0.25) is 0 Å². The van der Waals surface area contributed by atoms with Crippen LogP contribution in [-0.2, 0) is 6.61 Å². The molecule has 0 N–H and O–H groups in total. The van der Waals surface area contributed by atoms with Gasteiger partial charge in [-0.05, 0) is 34.1 Å². The second kappa shape index (κ2) is 5.93. The SMILES string of the molecule is O=Cc1cccc(F)c1OCc1cccc(F)c1Br. The smallest absolute Gasteiger partial charge is 0.165 e. The van der Waals surface area contributed by atoms with E-state index in [0.29, 0.717) is 11.8 Å². The summed E-state index contributed by atoms with van der Waals surface area (Å²) in [5.41, 5.74) is 0.646. The van der Waals surface area contributed by atoms with Crippen LogP contribution in [0.4, 0.5) is 8.78 Å². The Kier molecular flexibility index (Phi) is 4.27. The van der Waals surface area contributed by atoms with Crippen molar-refractivity contribution in [3.05, 3.63) is 63.6 Å². The van der Waals surface area contributed by atoms with Crippen LogP contribution in [0.15, 0.2) is 40.9 Å². The number of rotatable bonds is 4. The topological polar surface area (TPSA) is 26.3 Å². The van der Waals surface area contributed by atoms with E-state index in [1.807, 2.05) is 0 Å². The normalized spacial score (nSPS) is 10.3. The third kappa shape index (κ3) is 2.98. The van der Waals surface area contributed by atoms with Gasteiger partial charge in [-0.2, -0.15) is 0 Å². The summed E-state index contributed by atoms with van der Waals surface area (Å²) in [6.07, 6.45) is 0.513. The summed E-state index contributed by atoms with van der Waals surface area (Å²) < 4.78 is 32.4. The molecule has 0 fully saturated rings. The highest BCUT2D eigenvalue weighted by molar-refractivity contribution is 9.10. The van der Waals surface area contributed by atoms with Crippen LogP contribution >= 0.6 is 15.9 Å². The third-order valence-electron chi connectivity index (χ3n) is 2.53. The van der Waals surface area contributed by atoms with Crippen LogP contribution in [0.1, 0.15) is 15.9 Å². The number of ether oxygens (including phenoxy) is 1. The molecule has 2 nitrogen and oxygen atoms in total. The maximum Gasteiger partial charge on any atom is 0.165 e. The summed E-state index contributed by atoms with van der Waals surface area (Å²) in [7, 11) is 0. The van der Waals surface area contributed by atoms with Gasteiger partial charge in [0.15, 0.2) is 17.9 Å². The Labute approximate surface area is 117 Å². The van der Waals surface area contributed by atoms with E-state index in [9.17, 15) is 13.6 Å². The Bertz CT molecular complexity index is 614. The molecule has 2 aromatic carbocycles. The van der Waals surface area contributed by atoms with Gasteiger partial charge in [-0.3, -0.25) is 4.79 Å². The zero-order chi connectivity index (χ0) is 13.8. The van der Waals surface area contributed by atoms with Crippen molar-refractivity contribution in [2.24, 2.45) is 0 Å². The first kappa shape index (κ1) is 13.7. The van der Waals surface area contributed by atoms with Gasteiger partial charge < -0.3 is 4.74 Å². The zero-order valence-corrected chi connectivity index (χ0v) is 11.3. The molecule has 0 atom stereocenters. The Morgan fingerprint density at radius 3 is 2.53 bits per heavy atom. The number of benzene rings is 2. The number of para-hydroxylation sites is 1. The van der Waals surface area contributed by atoms with Crippen molar-refractivity contribution < 1.29 is 18.3 Å². The molecular formula is C14H9BrF2O2. The van der Waals surface area contributed by atoms with E-state index >= 15 is 0 Å². The van der Waals surface area contributed by atoms with Crippen LogP contribution < -0.4 is 4.74 Å². The predicted octanol–water partition coefficient (Wildman–Crippen LogP) is 4.12. The van der Waals surface area contributed by atoms with Crippen molar-refractivity contribution >= 4 is 22.2 Å². The monoisotopic (exact) mass is 326 g/mol. The van der Waals surface area contributed by atoms with Crippen molar-refractivity contribution in [2.75, 3.05) is 0 Å². The van der Waals surface area contributed by atoms with Crippen LogP contribution in [0.25, 0.3) is 0 Å². The third-order valence-corrected chi connectivity index (χ3v) is 3.42. The molecule has 0 aromatic heterocycles. The maximum atomic E-state index is 13.6. The fourth-order valence-corrected chi connectivity index (χ4v) is 1.96. The quantitative estimate of drug-likeness (QED) is 0.790. The van der Waals surface area contributed by atoms with Gasteiger partial charge in [0.25, 0.3) is 0 Å². The molecule has 0 saturated carbocycles. The molecule has 19 heavy (non-hydrogen) atoms. The fourth-order valence-electron chi connectivity index (χ4n) is 1.58. The van der Waals surface area contributed by atoms with E-state index in [4.69, 9.17) is 4.74 Å². The van der Waals surface area contributed by atoms with Crippen LogP contribution in [0.2, 0.25) is 0 Å². The summed E-state index contributed by atoms with van der Waals surface area (Å²) in [4.78, 5) is 10.8. The minimum absolute atomic E-state index is 0.0416. The maximum absolute atomic E-state index is 13.6. The molecular weight excluding hydrogens is 318 g/mol. The Hall–Kier alpha value is -1.75. The van der Waals surface area contributed by atoms with E-state index in [-0.39, 0.29) is 22.4 Å². The van der Waals surface area contributed by atoms with E-state index in [1.165, 1.54) is 30.3 Å². The predicted molar refractivity (Wildman–Crippen MR) is 70.2 cm³/mol. The summed E-state index contributed by atoms with van der Waals surface area (Å²) >= 11 is 3.09. The number of halogens is 3. The second-order valence-corrected chi connectivity index (χ2v) is 4.57. The first-order chi connectivity index (χ1) is 9.13. The number of aldehydes is 1. The lowest BCUT2D eigenvalue weighted by Gasteiger charge is -2.10. The van der Waals surface area contributed by atoms with Crippen LogP contribution in [-0.4, -0.2) is 6.29 Å². The fraction of sp³-hybridized carbons (Fsp3) is 0.0714. The van der Waals surface area contributed by atoms with Gasteiger partial charge >= 0.3 is 0 Å². The highest BCUT2D eigenvalue weighted by Crippen LogP contribution is 2.25. The van der Waals surface area contributed by atoms with Gasteiger partial charge in [0, 0.05) is 5.56 Å². The van der Waals surface area contributed by atoms with Crippen molar-refractivity contribution in [3.8, 4) is 5.75 Å². The molecule has 2 aromatic rings. The molecule has 0 amide bonds. The zero-order valence-electron chi connectivity index (χ0n) is 9.70. The summed E-state index contributed by atoms with van der Waals surface area (Å²) in [5, 5.41) is 0. The summed E-state index contributed by atoms with van der Waals surface area (Å²) in [6.45, 7) is -0.0416. The minimum Gasteiger partial charge on any atom is -0.485 e. The van der Waals surface area contributed by atoms with Crippen LogP contribution in [0, 0.1) is 11.6 Å². The van der Waals surface area contributed by atoms with Gasteiger partial charge in [-0.1, -0.05) is 18.2 Å². The van der Waals surface area contributed by atoms with E-state index in [2.05, 4.69) is 15.9 Å². The molecule has 0 radical (unpaired) electrons. The standard InChI is InChI=1S/C14H9BrF2O2/c15-13-10(4-2-5-11(13)16)8-19-14-9(7-18)3-1-6-12(14)17/h1-7H,8H2. The first-order valence-corrected chi connectivity index (χ1v) is 6.22. The molecule has 0 aliphatic carbocycles. The number of carbonyl (C=O) groups excluding carboxylic acids is 1. The molecule has 5 heteroatoms. The van der Waals surface area contributed by atoms with Gasteiger partial charge in [-0.15, -0.1) is 0 Å². The lowest BCUT2D eigenvalue weighted by atomic mass is 10.2. The molecule has 0 heterocycles. The Balaban J connectivity index is 2.24. The molecule has 0 saturated heterocycles. The number of hydrogen-bond donors (Lipinski definition) is 0. The number of hydrogen-bond acceptors (Lipinski definition) is 2. The average Bonchev–Trinajstić information content (AvgIpc) is 2.41. The highest BCUT2D eigenvalue weighted by atomic mass is 79.9. The van der Waals surface area contributed by atoms with E-state index in [1.54, 1.807) is 6.07 Å². The molecule has 0 aliphatic heterocycles. The molecule has 0 aliphatic rings. The van der Waals surface area contributed by atoms with E-state index in [0.717, 1.165) is 0 Å². The Morgan fingerprint density at radius 2 is 1.79 bits per heavy atom.